The third-order valence-electron chi connectivity index (χ3n) is 2.83. The van der Waals surface area contributed by atoms with E-state index in [0.29, 0.717) is 17.1 Å². The molecule has 0 atom stereocenters. The van der Waals surface area contributed by atoms with Gasteiger partial charge in [-0.1, -0.05) is 6.07 Å². The molecule has 6 nitrogen and oxygen atoms in total. The van der Waals surface area contributed by atoms with E-state index in [4.69, 9.17) is 9.84 Å². The van der Waals surface area contributed by atoms with Crippen LogP contribution in [-0.4, -0.2) is 25.4 Å². The summed E-state index contributed by atoms with van der Waals surface area (Å²) < 4.78 is 7.26. The van der Waals surface area contributed by atoms with Crippen LogP contribution in [-0.2, 0) is 6.61 Å². The number of rotatable bonds is 4. The summed E-state index contributed by atoms with van der Waals surface area (Å²) in [5.74, 6) is 0.0836. The molecule has 0 aromatic carbocycles. The van der Waals surface area contributed by atoms with Crippen molar-refractivity contribution in [1.82, 2.24) is 14.4 Å². The fourth-order valence-electron chi connectivity index (χ4n) is 1.94. The molecule has 0 aliphatic carbocycles. The molecule has 3 heterocycles. The van der Waals surface area contributed by atoms with Crippen LogP contribution >= 0.6 is 0 Å². The van der Waals surface area contributed by atoms with Crippen LogP contribution in [0.2, 0.25) is 0 Å². The molecule has 1 N–H and O–H groups in total. The second-order valence-electron chi connectivity index (χ2n) is 4.12. The maximum atomic E-state index is 11.2. The van der Waals surface area contributed by atoms with Crippen molar-refractivity contribution in [2.75, 3.05) is 0 Å². The first kappa shape index (κ1) is 12.2. The van der Waals surface area contributed by atoms with Gasteiger partial charge < -0.3 is 9.84 Å². The molecule has 20 heavy (non-hydrogen) atoms. The first-order chi connectivity index (χ1) is 9.75. The summed E-state index contributed by atoms with van der Waals surface area (Å²) >= 11 is 0. The van der Waals surface area contributed by atoms with Gasteiger partial charge in [-0.05, 0) is 24.3 Å². The molecule has 0 saturated carbocycles. The Balaban J connectivity index is 1.94. The zero-order valence-corrected chi connectivity index (χ0v) is 10.4. The first-order valence-electron chi connectivity index (χ1n) is 5.98. The minimum Gasteiger partial charge on any atom is -0.484 e. The van der Waals surface area contributed by atoms with Crippen LogP contribution in [0.3, 0.4) is 0 Å². The second kappa shape index (κ2) is 5.00. The van der Waals surface area contributed by atoms with E-state index in [1.165, 1.54) is 0 Å². The maximum absolute atomic E-state index is 11.2. The number of pyridine rings is 2. The highest BCUT2D eigenvalue weighted by Crippen LogP contribution is 2.15. The Morgan fingerprint density at radius 2 is 2.20 bits per heavy atom. The lowest BCUT2D eigenvalue weighted by atomic mass is 10.3. The molecule has 0 unspecified atom stereocenters. The highest BCUT2D eigenvalue weighted by Gasteiger charge is 2.16. The lowest BCUT2D eigenvalue weighted by Gasteiger charge is -2.04. The molecule has 3 aromatic rings. The normalized spacial score (nSPS) is 10.6. The molecule has 0 fully saturated rings. The number of nitrogens with zero attached hydrogens (tertiary/aromatic N) is 3. The Bertz CT molecular complexity index is 753. The van der Waals surface area contributed by atoms with Crippen molar-refractivity contribution in [2.45, 2.75) is 6.61 Å². The summed E-state index contributed by atoms with van der Waals surface area (Å²) in [6, 6.07) is 8.84. The smallest absolute Gasteiger partial charge is 0.356 e. The highest BCUT2D eigenvalue weighted by atomic mass is 16.5. The van der Waals surface area contributed by atoms with E-state index in [9.17, 15) is 4.79 Å². The average molecular weight is 269 g/mol. The van der Waals surface area contributed by atoms with Gasteiger partial charge in [-0.2, -0.15) is 0 Å². The number of carbonyl (C=O) groups is 1. The molecule has 0 aliphatic heterocycles. The molecule has 100 valence electrons. The average Bonchev–Trinajstić information content (AvgIpc) is 2.85. The standard InChI is InChI=1S/C14H11N3O3/c18-14(19)13-11-5-1-2-7-17(11)12(16-13)9-20-10-4-3-6-15-8-10/h1-8H,9H2,(H,18,19). The van der Waals surface area contributed by atoms with E-state index >= 15 is 0 Å². The molecule has 0 saturated heterocycles. The molecule has 6 heteroatoms. The summed E-state index contributed by atoms with van der Waals surface area (Å²) in [4.78, 5) is 19.2. The van der Waals surface area contributed by atoms with Crippen molar-refractivity contribution in [2.24, 2.45) is 0 Å². The van der Waals surface area contributed by atoms with Gasteiger partial charge in [0, 0.05) is 12.4 Å². The lowest BCUT2D eigenvalue weighted by molar-refractivity contribution is 0.0693. The molecule has 0 spiro atoms. The number of ether oxygens (including phenoxy) is 1. The van der Waals surface area contributed by atoms with Crippen molar-refractivity contribution in [3.63, 3.8) is 0 Å². The van der Waals surface area contributed by atoms with Crippen molar-refractivity contribution in [3.8, 4) is 5.75 Å². The Morgan fingerprint density at radius 3 is 2.95 bits per heavy atom. The number of aromatic nitrogens is 3. The van der Waals surface area contributed by atoms with Crippen LogP contribution in [0.5, 0.6) is 5.75 Å². The molecular formula is C14H11N3O3. The van der Waals surface area contributed by atoms with Crippen LogP contribution in [0.15, 0.2) is 48.9 Å². The zero-order valence-electron chi connectivity index (χ0n) is 10.4. The van der Waals surface area contributed by atoms with E-state index < -0.39 is 5.97 Å². The van der Waals surface area contributed by atoms with Gasteiger partial charge in [0.25, 0.3) is 0 Å². The predicted molar refractivity (Wildman–Crippen MR) is 70.7 cm³/mol. The van der Waals surface area contributed by atoms with Crippen LogP contribution < -0.4 is 4.74 Å². The lowest BCUT2D eigenvalue weighted by Crippen LogP contribution is -2.01. The minimum absolute atomic E-state index is 0.0235. The molecule has 0 amide bonds. The third kappa shape index (κ3) is 2.18. The van der Waals surface area contributed by atoms with Crippen LogP contribution in [0.1, 0.15) is 16.3 Å². The molecule has 0 radical (unpaired) electrons. The van der Waals surface area contributed by atoms with E-state index in [-0.39, 0.29) is 12.3 Å². The number of imidazole rings is 1. The van der Waals surface area contributed by atoms with Crippen molar-refractivity contribution >= 4 is 11.5 Å². The number of carboxylic acid groups (broad SMARTS) is 1. The molecule has 0 aliphatic rings. The predicted octanol–water partition coefficient (Wildman–Crippen LogP) is 2.01. The summed E-state index contributed by atoms with van der Waals surface area (Å²) in [7, 11) is 0. The quantitative estimate of drug-likeness (QED) is 0.784. The SMILES string of the molecule is O=C(O)c1nc(COc2cccnc2)n2ccccc12. The number of aromatic carboxylic acids is 1. The monoisotopic (exact) mass is 269 g/mol. The zero-order chi connectivity index (χ0) is 13.9. The van der Waals surface area contributed by atoms with Crippen LogP contribution in [0.25, 0.3) is 5.52 Å². The molecule has 3 rings (SSSR count). The maximum Gasteiger partial charge on any atom is 0.356 e. The Hall–Kier alpha value is -2.89. The van der Waals surface area contributed by atoms with Crippen LogP contribution in [0, 0.1) is 0 Å². The Kier molecular flexibility index (Phi) is 3.04. The van der Waals surface area contributed by atoms with Gasteiger partial charge >= 0.3 is 5.97 Å². The largest absolute Gasteiger partial charge is 0.484 e. The van der Waals surface area contributed by atoms with Gasteiger partial charge in [0.1, 0.15) is 12.4 Å². The summed E-state index contributed by atoms with van der Waals surface area (Å²) in [6.07, 6.45) is 5.00. The topological polar surface area (TPSA) is 76.7 Å². The summed E-state index contributed by atoms with van der Waals surface area (Å²) in [5.41, 5.74) is 0.570. The minimum atomic E-state index is -1.05. The molecular weight excluding hydrogens is 258 g/mol. The number of hydrogen-bond acceptors (Lipinski definition) is 4. The summed E-state index contributed by atoms with van der Waals surface area (Å²) in [6.45, 7) is 0.171. The molecule has 3 aromatic heterocycles. The van der Waals surface area contributed by atoms with Crippen molar-refractivity contribution in [3.05, 3.63) is 60.4 Å². The van der Waals surface area contributed by atoms with E-state index in [1.54, 1.807) is 47.3 Å². The van der Waals surface area contributed by atoms with Gasteiger partial charge in [0.2, 0.25) is 0 Å². The number of fused-ring (bicyclic) bond motifs is 1. The molecule has 0 bridgehead atoms. The number of hydrogen-bond donors (Lipinski definition) is 1. The number of carboxylic acids is 1. The fraction of sp³-hybridized carbons (Fsp3) is 0.0714. The van der Waals surface area contributed by atoms with E-state index in [2.05, 4.69) is 9.97 Å². The second-order valence-corrected chi connectivity index (χ2v) is 4.12. The first-order valence-corrected chi connectivity index (χ1v) is 5.98. The fourth-order valence-corrected chi connectivity index (χ4v) is 1.94. The van der Waals surface area contributed by atoms with Gasteiger partial charge in [-0.3, -0.25) is 9.38 Å². The van der Waals surface area contributed by atoms with Gasteiger partial charge in [-0.25, -0.2) is 9.78 Å². The van der Waals surface area contributed by atoms with Gasteiger partial charge in [-0.15, -0.1) is 0 Å². The Labute approximate surface area is 114 Å². The van der Waals surface area contributed by atoms with E-state index in [1.807, 2.05) is 6.07 Å². The van der Waals surface area contributed by atoms with Crippen molar-refractivity contribution < 1.29 is 14.6 Å². The van der Waals surface area contributed by atoms with Gasteiger partial charge in [0.15, 0.2) is 11.5 Å². The van der Waals surface area contributed by atoms with Crippen LogP contribution in [0.4, 0.5) is 0 Å². The van der Waals surface area contributed by atoms with Crippen molar-refractivity contribution in [1.29, 1.82) is 0 Å². The van der Waals surface area contributed by atoms with Gasteiger partial charge in [0.05, 0.1) is 11.7 Å². The van der Waals surface area contributed by atoms with E-state index in [0.717, 1.165) is 0 Å². The Morgan fingerprint density at radius 1 is 1.30 bits per heavy atom. The third-order valence-corrected chi connectivity index (χ3v) is 2.83. The highest BCUT2D eigenvalue weighted by molar-refractivity contribution is 5.93. The summed E-state index contributed by atoms with van der Waals surface area (Å²) in [5, 5.41) is 9.15.